The second-order valence-corrected chi connectivity index (χ2v) is 7.86. The molecular formula is C22H21N3O2S. The lowest BCUT2D eigenvalue weighted by Crippen LogP contribution is -2.47. The molecule has 0 bridgehead atoms. The van der Waals surface area contributed by atoms with E-state index < -0.39 is 0 Å². The van der Waals surface area contributed by atoms with Gasteiger partial charge in [-0.05, 0) is 36.2 Å². The summed E-state index contributed by atoms with van der Waals surface area (Å²) < 4.78 is 5.32. The number of hydrogen-bond donors (Lipinski definition) is 0. The molecule has 0 spiro atoms. The maximum absolute atomic E-state index is 13.0. The van der Waals surface area contributed by atoms with Gasteiger partial charge in [0.25, 0.3) is 0 Å². The summed E-state index contributed by atoms with van der Waals surface area (Å²) in [6.45, 7) is 2.55. The Labute approximate surface area is 169 Å². The molecule has 28 heavy (non-hydrogen) atoms. The van der Waals surface area contributed by atoms with Gasteiger partial charge in [0.15, 0.2) is 0 Å². The second-order valence-electron chi connectivity index (χ2n) is 6.93. The minimum Gasteiger partial charge on any atom is -0.497 e. The van der Waals surface area contributed by atoms with Crippen LogP contribution >= 0.6 is 11.8 Å². The van der Waals surface area contributed by atoms with Gasteiger partial charge < -0.3 is 9.64 Å². The number of benzene rings is 2. The number of ether oxygens (including phenoxy) is 1. The van der Waals surface area contributed by atoms with E-state index >= 15 is 0 Å². The highest BCUT2D eigenvalue weighted by molar-refractivity contribution is 8.03. The summed E-state index contributed by atoms with van der Waals surface area (Å²) in [5.41, 5.74) is 3.91. The minimum atomic E-state index is -0.226. The van der Waals surface area contributed by atoms with E-state index in [-0.39, 0.29) is 11.8 Å². The smallest absolute Gasteiger partial charge is 0.229 e. The second kappa shape index (κ2) is 7.61. The first kappa shape index (κ1) is 18.5. The first-order valence-corrected chi connectivity index (χ1v) is 10.1. The number of methoxy groups -OCH3 is 1. The molecule has 1 saturated heterocycles. The third kappa shape index (κ3) is 3.23. The molecule has 0 saturated carbocycles. The molecule has 2 aromatic carbocycles. The van der Waals surface area contributed by atoms with Crippen molar-refractivity contribution < 1.29 is 9.53 Å². The molecule has 4 rings (SSSR count). The Hall–Kier alpha value is -2.91. The Morgan fingerprint density at radius 2 is 2.04 bits per heavy atom. The number of rotatable bonds is 3. The van der Waals surface area contributed by atoms with Crippen molar-refractivity contribution in [2.75, 3.05) is 24.6 Å². The summed E-state index contributed by atoms with van der Waals surface area (Å²) in [5.74, 6) is 1.26. The fourth-order valence-electron chi connectivity index (χ4n) is 3.78. The van der Waals surface area contributed by atoms with Gasteiger partial charge in [-0.3, -0.25) is 9.69 Å². The van der Waals surface area contributed by atoms with Crippen LogP contribution in [0.1, 0.15) is 23.5 Å². The van der Waals surface area contributed by atoms with E-state index in [0.717, 1.165) is 22.0 Å². The van der Waals surface area contributed by atoms with E-state index in [1.54, 1.807) is 23.8 Å². The van der Waals surface area contributed by atoms with Crippen LogP contribution in [0.15, 0.2) is 59.1 Å². The number of para-hydroxylation sites is 1. The van der Waals surface area contributed by atoms with Gasteiger partial charge in [-0.1, -0.05) is 42.1 Å². The molecule has 2 aliphatic rings. The van der Waals surface area contributed by atoms with Gasteiger partial charge in [-0.25, -0.2) is 0 Å². The summed E-state index contributed by atoms with van der Waals surface area (Å²) in [6.07, 6.45) is 0.293. The maximum Gasteiger partial charge on any atom is 0.229 e. The summed E-state index contributed by atoms with van der Waals surface area (Å²) in [4.78, 5) is 16.9. The predicted molar refractivity (Wildman–Crippen MR) is 111 cm³/mol. The number of amides is 1. The van der Waals surface area contributed by atoms with Crippen LogP contribution in [0.2, 0.25) is 0 Å². The summed E-state index contributed by atoms with van der Waals surface area (Å²) in [7, 11) is 1.62. The largest absolute Gasteiger partial charge is 0.497 e. The zero-order chi connectivity index (χ0) is 19.7. The molecule has 0 radical (unpaired) electrons. The lowest BCUT2D eigenvalue weighted by atomic mass is 9.86. The minimum absolute atomic E-state index is 0.0487. The van der Waals surface area contributed by atoms with Crippen molar-refractivity contribution in [3.05, 3.63) is 70.3 Å². The fourth-order valence-corrected chi connectivity index (χ4v) is 4.93. The van der Waals surface area contributed by atoms with Gasteiger partial charge in [-0.15, -0.1) is 0 Å². The number of thioether (sulfide) groups is 1. The number of carbonyl (C=O) groups is 1. The summed E-state index contributed by atoms with van der Waals surface area (Å²) in [6, 6.07) is 18.2. The standard InChI is InChI=1S/C22H21N3O2S/c1-15-6-3-4-9-20(15)24-13-25-21(26)11-18(19(12-23)22(25)28-14-24)16-7-5-8-17(10-16)27-2/h3-10,18H,11,13-14H2,1-2H3. The van der Waals surface area contributed by atoms with Gasteiger partial charge in [0.2, 0.25) is 5.91 Å². The molecule has 2 aromatic rings. The molecule has 1 fully saturated rings. The monoisotopic (exact) mass is 391 g/mol. The van der Waals surface area contributed by atoms with E-state index in [1.165, 1.54) is 5.56 Å². The van der Waals surface area contributed by atoms with Gasteiger partial charge in [-0.2, -0.15) is 5.26 Å². The molecule has 1 unspecified atom stereocenters. The Morgan fingerprint density at radius 1 is 1.21 bits per heavy atom. The average molecular weight is 391 g/mol. The number of anilines is 1. The van der Waals surface area contributed by atoms with E-state index in [0.29, 0.717) is 24.5 Å². The molecule has 1 amide bonds. The van der Waals surface area contributed by atoms with Crippen LogP contribution in [-0.2, 0) is 4.79 Å². The summed E-state index contributed by atoms with van der Waals surface area (Å²) in [5, 5.41) is 10.7. The highest BCUT2D eigenvalue weighted by Crippen LogP contribution is 2.43. The maximum atomic E-state index is 13.0. The van der Waals surface area contributed by atoms with Crippen LogP contribution in [0.5, 0.6) is 5.75 Å². The van der Waals surface area contributed by atoms with Crippen molar-refractivity contribution in [3.63, 3.8) is 0 Å². The fraction of sp³-hybridized carbons (Fsp3) is 0.273. The topological polar surface area (TPSA) is 56.6 Å². The molecule has 1 atom stereocenters. The van der Waals surface area contributed by atoms with E-state index in [2.05, 4.69) is 30.0 Å². The van der Waals surface area contributed by atoms with Crippen molar-refractivity contribution >= 4 is 23.4 Å². The van der Waals surface area contributed by atoms with E-state index in [1.807, 2.05) is 36.4 Å². The normalized spacial score (nSPS) is 19.3. The Balaban J connectivity index is 1.68. The third-order valence-corrected chi connectivity index (χ3v) is 6.40. The van der Waals surface area contributed by atoms with Gasteiger partial charge in [0.1, 0.15) is 5.75 Å². The van der Waals surface area contributed by atoms with Gasteiger partial charge in [0.05, 0.1) is 36.3 Å². The first-order chi connectivity index (χ1) is 13.6. The van der Waals surface area contributed by atoms with Crippen molar-refractivity contribution in [2.24, 2.45) is 0 Å². The van der Waals surface area contributed by atoms with E-state index in [4.69, 9.17) is 4.74 Å². The van der Waals surface area contributed by atoms with Crippen molar-refractivity contribution in [1.29, 1.82) is 5.26 Å². The number of nitrogens with zero attached hydrogens (tertiary/aromatic N) is 3. The molecule has 142 valence electrons. The van der Waals surface area contributed by atoms with E-state index in [9.17, 15) is 10.1 Å². The number of carbonyl (C=O) groups excluding carboxylic acids is 1. The van der Waals surface area contributed by atoms with Crippen LogP contribution in [0.25, 0.3) is 0 Å². The highest BCUT2D eigenvalue weighted by Gasteiger charge is 2.38. The Bertz CT molecular complexity index is 995. The van der Waals surface area contributed by atoms with Crippen LogP contribution in [-0.4, -0.2) is 30.5 Å². The third-order valence-electron chi connectivity index (χ3n) is 5.25. The van der Waals surface area contributed by atoms with Gasteiger partial charge >= 0.3 is 0 Å². The number of nitriles is 1. The van der Waals surface area contributed by atoms with Crippen molar-refractivity contribution in [2.45, 2.75) is 19.3 Å². The zero-order valence-electron chi connectivity index (χ0n) is 15.9. The van der Waals surface area contributed by atoms with Crippen LogP contribution in [0.3, 0.4) is 0 Å². The SMILES string of the molecule is COc1cccc(C2CC(=O)N3CN(c4ccccc4C)CSC3=C2C#N)c1. The molecule has 2 aliphatic heterocycles. The number of hydrogen-bond acceptors (Lipinski definition) is 5. The highest BCUT2D eigenvalue weighted by atomic mass is 32.2. The molecule has 5 nitrogen and oxygen atoms in total. The zero-order valence-corrected chi connectivity index (χ0v) is 16.7. The predicted octanol–water partition coefficient (Wildman–Crippen LogP) is 4.22. The molecular weight excluding hydrogens is 370 g/mol. The van der Waals surface area contributed by atoms with Crippen molar-refractivity contribution in [3.8, 4) is 11.8 Å². The molecule has 0 N–H and O–H groups in total. The van der Waals surface area contributed by atoms with Crippen LogP contribution in [0, 0.1) is 18.3 Å². The number of allylic oxidation sites excluding steroid dienone is 1. The summed E-state index contributed by atoms with van der Waals surface area (Å²) >= 11 is 1.56. The molecule has 0 aromatic heterocycles. The molecule has 2 heterocycles. The van der Waals surface area contributed by atoms with Crippen LogP contribution < -0.4 is 9.64 Å². The van der Waals surface area contributed by atoms with Crippen LogP contribution in [0.4, 0.5) is 5.69 Å². The van der Waals surface area contributed by atoms with Gasteiger partial charge in [0, 0.05) is 18.0 Å². The number of aryl methyl sites for hydroxylation is 1. The Kier molecular flexibility index (Phi) is 5.01. The molecule has 0 aliphatic carbocycles. The lowest BCUT2D eigenvalue weighted by Gasteiger charge is -2.42. The lowest BCUT2D eigenvalue weighted by molar-refractivity contribution is -0.129. The molecule has 6 heteroatoms. The average Bonchev–Trinajstić information content (AvgIpc) is 2.74. The number of fused-ring (bicyclic) bond motifs is 1. The first-order valence-electron chi connectivity index (χ1n) is 9.14. The quantitative estimate of drug-likeness (QED) is 0.784. The Morgan fingerprint density at radius 3 is 2.79 bits per heavy atom. The van der Waals surface area contributed by atoms with Crippen molar-refractivity contribution in [1.82, 2.24) is 4.90 Å².